The lowest BCUT2D eigenvalue weighted by atomic mass is 10.1. The van der Waals surface area contributed by atoms with Crippen molar-refractivity contribution < 1.29 is 0 Å². The van der Waals surface area contributed by atoms with E-state index in [1.165, 1.54) is 16.1 Å². The smallest absolute Gasteiger partial charge is 0.0900 e. The maximum Gasteiger partial charge on any atom is 0.0900 e. The van der Waals surface area contributed by atoms with Gasteiger partial charge < -0.3 is 5.32 Å². The number of aromatic nitrogens is 1. The molecule has 1 aromatic carbocycles. The third-order valence-electron chi connectivity index (χ3n) is 3.22. The van der Waals surface area contributed by atoms with Crippen LogP contribution >= 0.6 is 27.3 Å². The minimum atomic E-state index is 0.267. The molecule has 1 heterocycles. The van der Waals surface area contributed by atoms with Crippen LogP contribution in [0.15, 0.2) is 28.7 Å². The van der Waals surface area contributed by atoms with Crippen LogP contribution in [-0.4, -0.2) is 4.98 Å². The van der Waals surface area contributed by atoms with E-state index in [-0.39, 0.29) is 6.04 Å². The summed E-state index contributed by atoms with van der Waals surface area (Å²) in [5, 5.41) is 4.75. The molecule has 0 amide bonds. The van der Waals surface area contributed by atoms with Gasteiger partial charge in [-0.25, -0.2) is 4.98 Å². The number of rotatable bonds is 4. The van der Waals surface area contributed by atoms with E-state index in [4.69, 9.17) is 0 Å². The highest BCUT2D eigenvalue weighted by Gasteiger charge is 2.16. The first-order chi connectivity index (χ1) is 8.97. The van der Waals surface area contributed by atoms with Crippen LogP contribution in [0.25, 0.3) is 0 Å². The molecule has 2 nitrogen and oxygen atoms in total. The Morgan fingerprint density at radius 2 is 1.74 bits per heavy atom. The molecule has 1 N–H and O–H groups in total. The van der Waals surface area contributed by atoms with E-state index < -0.39 is 0 Å². The number of nitrogens with zero attached hydrogens (tertiary/aromatic N) is 1. The third kappa shape index (κ3) is 3.65. The van der Waals surface area contributed by atoms with Crippen LogP contribution in [0.3, 0.4) is 0 Å². The average molecular weight is 339 g/mol. The van der Waals surface area contributed by atoms with Crippen molar-refractivity contribution in [3.05, 3.63) is 49.9 Å². The summed E-state index contributed by atoms with van der Waals surface area (Å²) in [6.45, 7) is 8.57. The summed E-state index contributed by atoms with van der Waals surface area (Å²) in [5.41, 5.74) is 2.46. The molecule has 0 aliphatic heterocycles. The van der Waals surface area contributed by atoms with Gasteiger partial charge in [0, 0.05) is 21.4 Å². The molecule has 102 valence electrons. The second-order valence-corrected chi connectivity index (χ2v) is 7.16. The lowest BCUT2D eigenvalue weighted by Crippen LogP contribution is -2.23. The van der Waals surface area contributed by atoms with Crippen LogP contribution in [0, 0.1) is 13.8 Å². The Bertz CT molecular complexity index is 548. The molecule has 2 aromatic rings. The Balaban J connectivity index is 2.08. The molecule has 4 heteroatoms. The summed E-state index contributed by atoms with van der Waals surface area (Å²) < 4.78 is 1.11. The molecule has 0 radical (unpaired) electrons. The van der Waals surface area contributed by atoms with Crippen molar-refractivity contribution in [2.45, 2.75) is 39.8 Å². The number of benzene rings is 1. The summed E-state index contributed by atoms with van der Waals surface area (Å²) >= 11 is 5.23. The maximum absolute atomic E-state index is 4.62. The van der Waals surface area contributed by atoms with Crippen LogP contribution in [0.5, 0.6) is 0 Å². The Hall–Kier alpha value is -0.710. The van der Waals surface area contributed by atoms with E-state index in [9.17, 15) is 0 Å². The Labute approximate surface area is 127 Å². The van der Waals surface area contributed by atoms with Crippen LogP contribution < -0.4 is 5.32 Å². The van der Waals surface area contributed by atoms with Gasteiger partial charge in [-0.3, -0.25) is 0 Å². The van der Waals surface area contributed by atoms with E-state index in [1.54, 1.807) is 11.3 Å². The second-order valence-electron chi connectivity index (χ2n) is 4.84. The molecule has 0 aliphatic carbocycles. The van der Waals surface area contributed by atoms with Crippen LogP contribution in [-0.2, 0) is 0 Å². The lowest BCUT2D eigenvalue weighted by molar-refractivity contribution is 0.486. The summed E-state index contributed by atoms with van der Waals surface area (Å²) in [7, 11) is 0. The number of nitrogens with one attached hydrogen (secondary N) is 1. The largest absolute Gasteiger partial charge is 0.302 e. The first-order valence-corrected chi connectivity index (χ1v) is 8.03. The van der Waals surface area contributed by atoms with Gasteiger partial charge in [0.15, 0.2) is 0 Å². The van der Waals surface area contributed by atoms with Gasteiger partial charge in [-0.1, -0.05) is 28.1 Å². The third-order valence-corrected chi connectivity index (χ3v) is 4.65. The Morgan fingerprint density at radius 3 is 2.26 bits per heavy atom. The van der Waals surface area contributed by atoms with Gasteiger partial charge in [-0.15, -0.1) is 11.3 Å². The SMILES string of the molecule is Cc1nc(C(C)N[C@H](C)c2ccc(Br)cc2)c(C)s1. The standard InChI is InChI=1S/C15H19BrN2S/c1-9(13-5-7-14(16)8-6-13)17-10(2)15-11(3)19-12(4)18-15/h5-10,17H,1-4H3/t9-,10?/m1/s1. The van der Waals surface area contributed by atoms with E-state index in [0.29, 0.717) is 6.04 Å². The quantitative estimate of drug-likeness (QED) is 0.854. The molecule has 0 saturated carbocycles. The van der Waals surface area contributed by atoms with E-state index in [0.717, 1.165) is 9.48 Å². The highest BCUT2D eigenvalue weighted by Crippen LogP contribution is 2.25. The molecular weight excluding hydrogens is 320 g/mol. The van der Waals surface area contributed by atoms with Crippen molar-refractivity contribution in [3.8, 4) is 0 Å². The normalized spacial score (nSPS) is 14.4. The van der Waals surface area contributed by atoms with Crippen LogP contribution in [0.2, 0.25) is 0 Å². The summed E-state index contributed by atoms with van der Waals surface area (Å²) in [4.78, 5) is 5.93. The van der Waals surface area contributed by atoms with Gasteiger partial charge in [0.25, 0.3) is 0 Å². The fraction of sp³-hybridized carbons (Fsp3) is 0.400. The first-order valence-electron chi connectivity index (χ1n) is 6.43. The molecule has 2 rings (SSSR count). The molecule has 0 aliphatic rings. The topological polar surface area (TPSA) is 24.9 Å². The predicted octanol–water partition coefficient (Wildman–Crippen LogP) is 4.93. The summed E-state index contributed by atoms with van der Waals surface area (Å²) in [5.74, 6) is 0. The highest BCUT2D eigenvalue weighted by atomic mass is 79.9. The van der Waals surface area contributed by atoms with Crippen molar-refractivity contribution in [1.29, 1.82) is 0 Å². The van der Waals surface area contributed by atoms with E-state index in [2.05, 4.69) is 78.2 Å². The Kier molecular flexibility index (Phi) is 4.76. The summed E-state index contributed by atoms with van der Waals surface area (Å²) in [6.07, 6.45) is 0. The van der Waals surface area contributed by atoms with Gasteiger partial charge in [-0.2, -0.15) is 0 Å². The minimum absolute atomic E-state index is 0.267. The van der Waals surface area contributed by atoms with E-state index >= 15 is 0 Å². The van der Waals surface area contributed by atoms with Crippen molar-refractivity contribution in [1.82, 2.24) is 10.3 Å². The highest BCUT2D eigenvalue weighted by molar-refractivity contribution is 9.10. The van der Waals surface area contributed by atoms with Crippen LogP contribution in [0.4, 0.5) is 0 Å². The average Bonchev–Trinajstić information content (AvgIpc) is 2.69. The Morgan fingerprint density at radius 1 is 1.11 bits per heavy atom. The molecule has 0 saturated heterocycles. The zero-order chi connectivity index (χ0) is 14.0. The molecule has 19 heavy (non-hydrogen) atoms. The predicted molar refractivity (Wildman–Crippen MR) is 85.7 cm³/mol. The fourth-order valence-electron chi connectivity index (χ4n) is 2.25. The molecule has 0 fully saturated rings. The van der Waals surface area contributed by atoms with E-state index in [1.807, 2.05) is 0 Å². The van der Waals surface area contributed by atoms with Crippen molar-refractivity contribution in [2.24, 2.45) is 0 Å². The van der Waals surface area contributed by atoms with Crippen molar-refractivity contribution in [2.75, 3.05) is 0 Å². The second kappa shape index (κ2) is 6.16. The number of thiazole rings is 1. The first kappa shape index (κ1) is 14.7. The lowest BCUT2D eigenvalue weighted by Gasteiger charge is -2.20. The molecule has 0 bridgehead atoms. The summed E-state index contributed by atoms with van der Waals surface area (Å²) in [6, 6.07) is 9.03. The monoisotopic (exact) mass is 338 g/mol. The van der Waals surface area contributed by atoms with Gasteiger partial charge in [0.1, 0.15) is 0 Å². The van der Waals surface area contributed by atoms with Crippen LogP contribution in [0.1, 0.15) is 47.1 Å². The minimum Gasteiger partial charge on any atom is -0.302 e. The molecular formula is C15H19BrN2S. The zero-order valence-corrected chi connectivity index (χ0v) is 14.1. The number of halogens is 1. The van der Waals surface area contributed by atoms with Gasteiger partial charge >= 0.3 is 0 Å². The van der Waals surface area contributed by atoms with Gasteiger partial charge in [0.2, 0.25) is 0 Å². The molecule has 2 atom stereocenters. The van der Waals surface area contributed by atoms with Crippen molar-refractivity contribution >= 4 is 27.3 Å². The van der Waals surface area contributed by atoms with Crippen molar-refractivity contribution in [3.63, 3.8) is 0 Å². The fourth-order valence-corrected chi connectivity index (χ4v) is 3.43. The molecule has 1 unspecified atom stereocenters. The molecule has 1 aromatic heterocycles. The van der Waals surface area contributed by atoms with Gasteiger partial charge in [-0.05, 0) is 45.4 Å². The number of hydrogen-bond acceptors (Lipinski definition) is 3. The maximum atomic E-state index is 4.62. The zero-order valence-electron chi connectivity index (χ0n) is 11.7. The number of aryl methyl sites for hydroxylation is 2. The van der Waals surface area contributed by atoms with Gasteiger partial charge in [0.05, 0.1) is 10.7 Å². The number of hydrogen-bond donors (Lipinski definition) is 1. The molecule has 0 spiro atoms.